The van der Waals surface area contributed by atoms with Gasteiger partial charge < -0.3 is 5.32 Å². The van der Waals surface area contributed by atoms with E-state index in [0.717, 1.165) is 18.2 Å². The summed E-state index contributed by atoms with van der Waals surface area (Å²) < 4.78 is 37.9. The van der Waals surface area contributed by atoms with Gasteiger partial charge in [0.05, 0.1) is 16.8 Å². The quantitative estimate of drug-likeness (QED) is 0.874. The SMILES string of the molecule is N#Cc1ccc(C(F)(F)F)cc1Nc1ccccc1. The standard InChI is InChI=1S/C14H9F3N2/c15-14(16,17)11-7-6-10(9-18)13(8-11)19-12-4-2-1-3-5-12/h1-8,19H. The van der Waals surface area contributed by atoms with Crippen molar-refractivity contribution in [3.8, 4) is 6.07 Å². The molecule has 1 N–H and O–H groups in total. The molecular weight excluding hydrogens is 253 g/mol. The van der Waals surface area contributed by atoms with Gasteiger partial charge in [0, 0.05) is 5.69 Å². The van der Waals surface area contributed by atoms with Crippen LogP contribution < -0.4 is 5.32 Å². The Bertz CT molecular complexity index is 613. The molecule has 0 saturated carbocycles. The van der Waals surface area contributed by atoms with E-state index in [0.29, 0.717) is 5.69 Å². The van der Waals surface area contributed by atoms with E-state index in [1.807, 2.05) is 6.07 Å². The molecule has 0 bridgehead atoms. The summed E-state index contributed by atoms with van der Waals surface area (Å²) in [5.74, 6) is 0. The van der Waals surface area contributed by atoms with E-state index in [2.05, 4.69) is 5.32 Å². The molecule has 0 radical (unpaired) electrons. The zero-order chi connectivity index (χ0) is 13.9. The normalized spacial score (nSPS) is 10.8. The molecule has 0 spiro atoms. The van der Waals surface area contributed by atoms with E-state index in [-0.39, 0.29) is 11.3 Å². The van der Waals surface area contributed by atoms with Gasteiger partial charge in [-0.25, -0.2) is 0 Å². The number of alkyl halides is 3. The van der Waals surface area contributed by atoms with Crippen LogP contribution in [0.4, 0.5) is 24.5 Å². The first-order valence-electron chi connectivity index (χ1n) is 5.44. The number of benzene rings is 2. The van der Waals surface area contributed by atoms with E-state index < -0.39 is 11.7 Å². The van der Waals surface area contributed by atoms with Crippen molar-refractivity contribution in [3.63, 3.8) is 0 Å². The maximum Gasteiger partial charge on any atom is 0.416 e. The Kier molecular flexibility index (Phi) is 3.43. The molecule has 0 aliphatic heterocycles. The summed E-state index contributed by atoms with van der Waals surface area (Å²) in [6.07, 6.45) is -4.43. The van der Waals surface area contributed by atoms with Gasteiger partial charge in [-0.05, 0) is 30.3 Å². The van der Waals surface area contributed by atoms with Crippen LogP contribution >= 0.6 is 0 Å². The first-order valence-corrected chi connectivity index (χ1v) is 5.44. The smallest absolute Gasteiger partial charge is 0.354 e. The fourth-order valence-electron chi connectivity index (χ4n) is 1.60. The molecule has 19 heavy (non-hydrogen) atoms. The Morgan fingerprint density at radius 3 is 2.26 bits per heavy atom. The van der Waals surface area contributed by atoms with Gasteiger partial charge in [-0.2, -0.15) is 18.4 Å². The number of nitriles is 1. The van der Waals surface area contributed by atoms with Crippen molar-refractivity contribution in [1.82, 2.24) is 0 Å². The Morgan fingerprint density at radius 1 is 1.00 bits per heavy atom. The van der Waals surface area contributed by atoms with E-state index in [1.54, 1.807) is 30.3 Å². The van der Waals surface area contributed by atoms with Gasteiger partial charge in [-0.3, -0.25) is 0 Å². The van der Waals surface area contributed by atoms with Crippen molar-refractivity contribution in [2.45, 2.75) is 6.18 Å². The molecule has 2 nitrogen and oxygen atoms in total. The van der Waals surface area contributed by atoms with Gasteiger partial charge >= 0.3 is 6.18 Å². The molecule has 0 amide bonds. The first kappa shape index (κ1) is 13.0. The van der Waals surface area contributed by atoms with Crippen LogP contribution in [0.5, 0.6) is 0 Å². The zero-order valence-corrected chi connectivity index (χ0v) is 9.70. The Balaban J connectivity index is 2.41. The highest BCUT2D eigenvalue weighted by atomic mass is 19.4. The molecule has 0 saturated heterocycles. The lowest BCUT2D eigenvalue weighted by Gasteiger charge is -2.12. The summed E-state index contributed by atoms with van der Waals surface area (Å²) in [5, 5.41) is 11.7. The highest BCUT2D eigenvalue weighted by Crippen LogP contribution is 2.32. The molecule has 0 aliphatic rings. The van der Waals surface area contributed by atoms with Crippen molar-refractivity contribution < 1.29 is 13.2 Å². The Hall–Kier alpha value is -2.48. The molecule has 2 rings (SSSR count). The number of anilines is 2. The lowest BCUT2D eigenvalue weighted by Crippen LogP contribution is -2.06. The molecule has 0 aromatic heterocycles. The highest BCUT2D eigenvalue weighted by molar-refractivity contribution is 5.67. The van der Waals surface area contributed by atoms with Crippen LogP contribution in [-0.2, 0) is 6.18 Å². The highest BCUT2D eigenvalue weighted by Gasteiger charge is 2.31. The van der Waals surface area contributed by atoms with E-state index >= 15 is 0 Å². The van der Waals surface area contributed by atoms with Crippen LogP contribution in [0, 0.1) is 11.3 Å². The largest absolute Gasteiger partial charge is 0.416 e. The molecule has 0 heterocycles. The van der Waals surface area contributed by atoms with E-state index in [1.165, 1.54) is 0 Å². The van der Waals surface area contributed by atoms with Crippen LogP contribution in [0.15, 0.2) is 48.5 Å². The molecular formula is C14H9F3N2. The zero-order valence-electron chi connectivity index (χ0n) is 9.70. The maximum atomic E-state index is 12.6. The third kappa shape index (κ3) is 3.05. The number of nitrogens with zero attached hydrogens (tertiary/aromatic N) is 1. The van der Waals surface area contributed by atoms with Gasteiger partial charge in [-0.15, -0.1) is 0 Å². The fourth-order valence-corrected chi connectivity index (χ4v) is 1.60. The summed E-state index contributed by atoms with van der Waals surface area (Å²) in [6.45, 7) is 0. The van der Waals surface area contributed by atoms with Crippen LogP contribution in [-0.4, -0.2) is 0 Å². The average Bonchev–Trinajstić information content (AvgIpc) is 2.39. The van der Waals surface area contributed by atoms with Crippen molar-refractivity contribution in [3.05, 3.63) is 59.7 Å². The molecule has 0 atom stereocenters. The molecule has 5 heteroatoms. The second-order valence-corrected chi connectivity index (χ2v) is 3.86. The predicted octanol–water partition coefficient (Wildman–Crippen LogP) is 4.32. The number of para-hydroxylation sites is 1. The van der Waals surface area contributed by atoms with Gasteiger partial charge in [0.2, 0.25) is 0 Å². The topological polar surface area (TPSA) is 35.8 Å². The molecule has 2 aromatic carbocycles. The summed E-state index contributed by atoms with van der Waals surface area (Å²) >= 11 is 0. The average molecular weight is 262 g/mol. The minimum absolute atomic E-state index is 0.142. The second kappa shape index (κ2) is 5.02. The lowest BCUT2D eigenvalue weighted by atomic mass is 10.1. The van der Waals surface area contributed by atoms with Gasteiger partial charge in [-0.1, -0.05) is 18.2 Å². The van der Waals surface area contributed by atoms with Crippen molar-refractivity contribution >= 4 is 11.4 Å². The summed E-state index contributed by atoms with van der Waals surface area (Å²) in [7, 11) is 0. The summed E-state index contributed by atoms with van der Waals surface area (Å²) in [6, 6.07) is 13.6. The molecule has 0 fully saturated rings. The fraction of sp³-hybridized carbons (Fsp3) is 0.0714. The minimum Gasteiger partial charge on any atom is -0.354 e. The van der Waals surface area contributed by atoms with Crippen LogP contribution in [0.2, 0.25) is 0 Å². The Morgan fingerprint density at radius 2 is 1.68 bits per heavy atom. The third-order valence-corrected chi connectivity index (χ3v) is 2.52. The van der Waals surface area contributed by atoms with Gasteiger partial charge in [0.15, 0.2) is 0 Å². The van der Waals surface area contributed by atoms with Crippen LogP contribution in [0.25, 0.3) is 0 Å². The number of hydrogen-bond donors (Lipinski definition) is 1. The third-order valence-electron chi connectivity index (χ3n) is 2.52. The second-order valence-electron chi connectivity index (χ2n) is 3.86. The van der Waals surface area contributed by atoms with Gasteiger partial charge in [0.25, 0.3) is 0 Å². The van der Waals surface area contributed by atoms with Crippen molar-refractivity contribution in [2.75, 3.05) is 5.32 Å². The van der Waals surface area contributed by atoms with Gasteiger partial charge in [0.1, 0.15) is 6.07 Å². The van der Waals surface area contributed by atoms with Crippen molar-refractivity contribution in [1.29, 1.82) is 5.26 Å². The summed E-state index contributed by atoms with van der Waals surface area (Å²) in [4.78, 5) is 0. The Labute approximate surface area is 108 Å². The number of nitrogens with one attached hydrogen (secondary N) is 1. The predicted molar refractivity (Wildman–Crippen MR) is 65.9 cm³/mol. The number of rotatable bonds is 2. The maximum absolute atomic E-state index is 12.6. The number of hydrogen-bond acceptors (Lipinski definition) is 2. The molecule has 0 aliphatic carbocycles. The van der Waals surface area contributed by atoms with Crippen LogP contribution in [0.3, 0.4) is 0 Å². The summed E-state index contributed by atoms with van der Waals surface area (Å²) in [5.41, 5.74) is 0.142. The molecule has 2 aromatic rings. The monoisotopic (exact) mass is 262 g/mol. The first-order chi connectivity index (χ1) is 9.00. The van der Waals surface area contributed by atoms with E-state index in [9.17, 15) is 13.2 Å². The van der Waals surface area contributed by atoms with Crippen LogP contribution in [0.1, 0.15) is 11.1 Å². The lowest BCUT2D eigenvalue weighted by molar-refractivity contribution is -0.137. The van der Waals surface area contributed by atoms with E-state index in [4.69, 9.17) is 5.26 Å². The molecule has 0 unspecified atom stereocenters. The van der Waals surface area contributed by atoms with Crippen molar-refractivity contribution in [2.24, 2.45) is 0 Å². The number of halogens is 3. The minimum atomic E-state index is -4.43. The molecule has 96 valence electrons.